The van der Waals surface area contributed by atoms with Gasteiger partial charge in [-0.25, -0.2) is 10.5 Å². The number of aliphatic imine (C=N–C) groups is 1. The lowest BCUT2D eigenvalue weighted by Gasteiger charge is -2.19. The van der Waals surface area contributed by atoms with Crippen LogP contribution in [-0.4, -0.2) is 46.8 Å². The number of hydrogen-bond donors (Lipinski definition) is 4. The number of aryl methyl sites for hydroxylation is 1. The van der Waals surface area contributed by atoms with Gasteiger partial charge in [0.25, 0.3) is 0 Å². The van der Waals surface area contributed by atoms with E-state index < -0.39 is 0 Å². The highest BCUT2D eigenvalue weighted by atomic mass is 35.5. The van der Waals surface area contributed by atoms with Gasteiger partial charge < -0.3 is 15.5 Å². The molecule has 0 atom stereocenters. The molecular formula is C23H32ClN5O3S. The van der Waals surface area contributed by atoms with Gasteiger partial charge in [-0.05, 0) is 62.2 Å². The van der Waals surface area contributed by atoms with Crippen molar-refractivity contribution in [2.45, 2.75) is 46.0 Å². The molecule has 180 valence electrons. The fourth-order valence-electron chi connectivity index (χ4n) is 2.85. The van der Waals surface area contributed by atoms with E-state index in [0.29, 0.717) is 23.6 Å². The van der Waals surface area contributed by atoms with E-state index in [0.717, 1.165) is 49.2 Å². The smallest absolute Gasteiger partial charge is 0.243 e. The third kappa shape index (κ3) is 11.6. The molecule has 0 aliphatic heterocycles. The predicted octanol–water partition coefficient (Wildman–Crippen LogP) is 3.93. The Morgan fingerprint density at radius 2 is 2.00 bits per heavy atom. The summed E-state index contributed by atoms with van der Waals surface area (Å²) < 4.78 is 0. The summed E-state index contributed by atoms with van der Waals surface area (Å²) in [4.78, 5) is 28.5. The molecule has 0 aromatic heterocycles. The number of carbonyl (C=O) groups excluding carboxylic acids is 2. The highest BCUT2D eigenvalue weighted by molar-refractivity contribution is 7.80. The van der Waals surface area contributed by atoms with Crippen LogP contribution in [0, 0.1) is 6.92 Å². The van der Waals surface area contributed by atoms with Crippen molar-refractivity contribution in [3.05, 3.63) is 52.4 Å². The second-order valence-electron chi connectivity index (χ2n) is 7.37. The van der Waals surface area contributed by atoms with E-state index in [1.165, 1.54) is 6.08 Å². The van der Waals surface area contributed by atoms with Crippen LogP contribution in [0.25, 0.3) is 6.08 Å². The number of unbranched alkanes of at least 4 members (excludes halogenated alkanes) is 3. The zero-order valence-electron chi connectivity index (χ0n) is 19.2. The van der Waals surface area contributed by atoms with Crippen LogP contribution in [0.5, 0.6) is 0 Å². The fraction of sp³-hybridized carbons (Fsp3) is 0.391. The minimum Gasteiger partial charge on any atom is -0.363 e. The molecule has 0 spiro atoms. The maximum Gasteiger partial charge on any atom is 0.243 e. The van der Waals surface area contributed by atoms with Crippen molar-refractivity contribution in [3.63, 3.8) is 0 Å². The van der Waals surface area contributed by atoms with E-state index in [1.807, 2.05) is 50.1 Å². The number of allylic oxidation sites excluding steroid dienone is 1. The van der Waals surface area contributed by atoms with Crippen LogP contribution in [0.2, 0.25) is 5.02 Å². The predicted molar refractivity (Wildman–Crippen MR) is 137 cm³/mol. The summed E-state index contributed by atoms with van der Waals surface area (Å²) in [5.41, 5.74) is 3.57. The third-order valence-corrected chi connectivity index (χ3v) is 5.36. The Labute approximate surface area is 205 Å². The number of nitrogens with zero attached hydrogens (tertiary/aromatic N) is 2. The first-order valence-corrected chi connectivity index (χ1v) is 11.4. The van der Waals surface area contributed by atoms with Crippen LogP contribution < -0.4 is 16.1 Å². The number of thiocarbonyl (C=S) groups is 1. The number of halogens is 1. The van der Waals surface area contributed by atoms with Crippen LogP contribution >= 0.6 is 23.8 Å². The van der Waals surface area contributed by atoms with E-state index in [-0.39, 0.29) is 11.0 Å². The molecule has 0 fully saturated rings. The van der Waals surface area contributed by atoms with Gasteiger partial charge in [-0.15, -0.1) is 0 Å². The number of hydroxylamine groups is 1. The monoisotopic (exact) mass is 493 g/mol. The Balaban J connectivity index is 2.54. The highest BCUT2D eigenvalue weighted by Gasteiger charge is 2.05. The lowest BCUT2D eigenvalue weighted by molar-refractivity contribution is -0.129. The van der Waals surface area contributed by atoms with Crippen molar-refractivity contribution in [3.8, 4) is 0 Å². The summed E-state index contributed by atoms with van der Waals surface area (Å²) in [5.74, 6) is 0.684. The van der Waals surface area contributed by atoms with Crippen LogP contribution in [0.15, 0.2) is 41.3 Å². The van der Waals surface area contributed by atoms with Gasteiger partial charge in [0.15, 0.2) is 5.11 Å². The fourth-order valence-corrected chi connectivity index (χ4v) is 3.30. The van der Waals surface area contributed by atoms with Crippen molar-refractivity contribution < 1.29 is 14.8 Å². The molecule has 0 aliphatic rings. The first kappa shape index (κ1) is 28.3. The summed E-state index contributed by atoms with van der Waals surface area (Å²) >= 11 is 11.5. The molecule has 4 N–H and O–H groups in total. The maximum atomic E-state index is 11.0. The van der Waals surface area contributed by atoms with E-state index >= 15 is 0 Å². The number of aldehydes is 1. The molecule has 1 aromatic rings. The van der Waals surface area contributed by atoms with Crippen molar-refractivity contribution in [1.29, 1.82) is 0 Å². The van der Waals surface area contributed by atoms with Crippen LogP contribution in [0.4, 0.5) is 0 Å². The number of nitrogens with one attached hydrogen (secondary N) is 3. The Hall–Kier alpha value is -2.75. The second kappa shape index (κ2) is 16.0. The normalized spacial score (nSPS) is 11.9. The molecule has 0 bridgehead atoms. The third-order valence-electron chi connectivity index (χ3n) is 4.81. The van der Waals surface area contributed by atoms with Gasteiger partial charge in [0.05, 0.1) is 0 Å². The zero-order valence-corrected chi connectivity index (χ0v) is 20.8. The van der Waals surface area contributed by atoms with Crippen molar-refractivity contribution in [2.75, 3.05) is 13.6 Å². The van der Waals surface area contributed by atoms with Crippen molar-refractivity contribution >= 4 is 53.0 Å². The number of amidine groups is 1. The largest absolute Gasteiger partial charge is 0.363 e. The average Bonchev–Trinajstić information content (AvgIpc) is 2.77. The zero-order chi connectivity index (χ0) is 24.6. The van der Waals surface area contributed by atoms with Gasteiger partial charge in [-0.1, -0.05) is 36.6 Å². The van der Waals surface area contributed by atoms with Gasteiger partial charge in [0.1, 0.15) is 17.9 Å². The second-order valence-corrected chi connectivity index (χ2v) is 8.19. The summed E-state index contributed by atoms with van der Waals surface area (Å²) in [7, 11) is 1.92. The average molecular weight is 494 g/mol. The Morgan fingerprint density at radius 1 is 1.27 bits per heavy atom. The molecule has 0 radical (unpaired) electrons. The van der Waals surface area contributed by atoms with Crippen LogP contribution in [0.1, 0.15) is 50.2 Å². The maximum absolute atomic E-state index is 11.0. The van der Waals surface area contributed by atoms with E-state index in [2.05, 4.69) is 15.6 Å². The summed E-state index contributed by atoms with van der Waals surface area (Å²) in [6.45, 7) is 4.60. The summed E-state index contributed by atoms with van der Waals surface area (Å²) in [6, 6.07) is 5.68. The van der Waals surface area contributed by atoms with Gasteiger partial charge in [0.2, 0.25) is 5.91 Å². The molecule has 8 nitrogen and oxygen atoms in total. The molecule has 1 aromatic carbocycles. The van der Waals surface area contributed by atoms with Crippen LogP contribution in [-0.2, 0) is 9.59 Å². The molecule has 0 saturated heterocycles. The van der Waals surface area contributed by atoms with E-state index in [9.17, 15) is 9.59 Å². The number of amides is 1. The molecule has 1 amide bonds. The lowest BCUT2D eigenvalue weighted by atomic mass is 10.1. The lowest BCUT2D eigenvalue weighted by Crippen LogP contribution is -2.32. The number of benzene rings is 1. The van der Waals surface area contributed by atoms with Gasteiger partial charge >= 0.3 is 0 Å². The number of hydrogen-bond acceptors (Lipinski definition) is 5. The first-order valence-electron chi connectivity index (χ1n) is 10.6. The number of carbonyl (C=O) groups is 2. The van der Waals surface area contributed by atoms with Crippen LogP contribution in [0.3, 0.4) is 0 Å². The molecule has 0 heterocycles. The summed E-state index contributed by atoms with van der Waals surface area (Å²) in [6.07, 6.45) is 9.28. The van der Waals surface area contributed by atoms with E-state index in [1.54, 1.807) is 11.7 Å². The topological polar surface area (TPSA) is 106 Å². The minimum atomic E-state index is -0.362. The molecule has 0 unspecified atom stereocenters. The molecule has 1 rings (SSSR count). The molecule has 33 heavy (non-hydrogen) atoms. The Morgan fingerprint density at radius 3 is 2.67 bits per heavy atom. The minimum absolute atomic E-state index is 0.287. The van der Waals surface area contributed by atoms with Gasteiger partial charge in [-0.2, -0.15) is 0 Å². The SMILES string of the molecule is CC(=N/C(=C\C=O)NC(=S)N/C=C/c1c(C)cccc1Cl)N(C)CCCCCCC(=O)NO. The Kier molecular flexibility index (Phi) is 13.7. The quantitative estimate of drug-likeness (QED) is 0.0511. The van der Waals surface area contributed by atoms with E-state index in [4.69, 9.17) is 29.0 Å². The van der Waals surface area contributed by atoms with Crippen molar-refractivity contribution in [1.82, 2.24) is 21.0 Å². The van der Waals surface area contributed by atoms with Crippen molar-refractivity contribution in [2.24, 2.45) is 4.99 Å². The first-order chi connectivity index (χ1) is 15.8. The molecule has 10 heteroatoms. The molecule has 0 saturated carbocycles. The molecular weight excluding hydrogens is 462 g/mol. The van der Waals surface area contributed by atoms with Gasteiger partial charge in [0, 0.05) is 37.3 Å². The highest BCUT2D eigenvalue weighted by Crippen LogP contribution is 2.20. The summed E-state index contributed by atoms with van der Waals surface area (Å²) in [5, 5.41) is 15.3. The Bertz CT molecular complexity index is 882. The molecule has 0 aliphatic carbocycles. The van der Waals surface area contributed by atoms with Gasteiger partial charge in [-0.3, -0.25) is 14.8 Å². The number of rotatable bonds is 12. The standard InChI is InChI=1S/C23H32ClN5O3S/c1-17-9-8-10-20(24)19(17)12-14-25-23(33)27-21(13-16-30)26-18(2)29(3)15-7-5-4-6-11-22(31)28-32/h8-10,12-14,16,32H,4-7,11,15H2,1-3H3,(H,28,31)(H2,25,27,33)/b14-12+,21-13+,26-18?.